The van der Waals surface area contributed by atoms with Gasteiger partial charge in [-0.05, 0) is 30.4 Å². The van der Waals surface area contributed by atoms with Gasteiger partial charge in [-0.1, -0.05) is 0 Å². The van der Waals surface area contributed by atoms with Crippen LogP contribution >= 0.6 is 12.2 Å². The molecule has 0 saturated carbocycles. The second kappa shape index (κ2) is 5.32. The molecule has 0 fully saturated rings. The number of ether oxygens (including phenoxy) is 1. The van der Waals surface area contributed by atoms with Gasteiger partial charge in [-0.3, -0.25) is 0 Å². The molecule has 0 amide bonds. The summed E-state index contributed by atoms with van der Waals surface area (Å²) in [7, 11) is 3.02. The highest BCUT2D eigenvalue weighted by Gasteiger charge is 2.08. The van der Waals surface area contributed by atoms with Crippen LogP contribution in [0.25, 0.3) is 0 Å². The summed E-state index contributed by atoms with van der Waals surface area (Å²) in [5.74, 6) is -0.422. The van der Waals surface area contributed by atoms with Gasteiger partial charge < -0.3 is 21.1 Å². The zero-order valence-corrected chi connectivity index (χ0v) is 9.85. The summed E-state index contributed by atoms with van der Waals surface area (Å²) >= 11 is 4.93. The van der Waals surface area contributed by atoms with E-state index in [2.05, 4.69) is 15.4 Å². The summed E-state index contributed by atoms with van der Waals surface area (Å²) in [4.78, 5) is 11.2. The first-order chi connectivity index (χ1) is 7.58. The molecule has 0 radical (unpaired) electrons. The van der Waals surface area contributed by atoms with Crippen molar-refractivity contribution in [1.82, 2.24) is 5.32 Å². The zero-order valence-electron chi connectivity index (χ0n) is 9.03. The number of hydrogen-bond acceptors (Lipinski definition) is 4. The van der Waals surface area contributed by atoms with Crippen molar-refractivity contribution in [3.05, 3.63) is 23.8 Å². The van der Waals surface area contributed by atoms with Crippen molar-refractivity contribution in [2.24, 2.45) is 0 Å². The second-order valence-corrected chi connectivity index (χ2v) is 3.41. The minimum absolute atomic E-state index is 0.404. The minimum atomic E-state index is -0.422. The molecule has 0 aliphatic rings. The molecule has 0 bridgehead atoms. The van der Waals surface area contributed by atoms with E-state index in [1.54, 1.807) is 19.2 Å². The topological polar surface area (TPSA) is 76.4 Å². The van der Waals surface area contributed by atoms with Crippen molar-refractivity contribution in [3.8, 4) is 0 Å². The van der Waals surface area contributed by atoms with Crippen LogP contribution in [0, 0.1) is 0 Å². The molecule has 0 atom stereocenters. The Hall–Kier alpha value is -1.82. The van der Waals surface area contributed by atoms with E-state index in [0.29, 0.717) is 22.1 Å². The number of nitrogens with two attached hydrogens (primary N) is 1. The number of anilines is 2. The molecule has 4 N–H and O–H groups in total. The van der Waals surface area contributed by atoms with E-state index < -0.39 is 5.97 Å². The lowest BCUT2D eigenvalue weighted by atomic mass is 10.2. The number of hydrogen-bond donors (Lipinski definition) is 3. The van der Waals surface area contributed by atoms with Gasteiger partial charge in [0, 0.05) is 7.05 Å². The molecule has 5 nitrogen and oxygen atoms in total. The Morgan fingerprint density at radius 1 is 1.50 bits per heavy atom. The predicted molar refractivity (Wildman–Crippen MR) is 67.5 cm³/mol. The van der Waals surface area contributed by atoms with Crippen LogP contribution < -0.4 is 16.4 Å². The fraction of sp³-hybridized carbons (Fsp3) is 0.200. The van der Waals surface area contributed by atoms with Crippen LogP contribution in [-0.2, 0) is 4.74 Å². The molecular weight excluding hydrogens is 226 g/mol. The Kier molecular flexibility index (Phi) is 4.07. The normalized spacial score (nSPS) is 9.38. The molecule has 1 aromatic carbocycles. The summed E-state index contributed by atoms with van der Waals surface area (Å²) in [6, 6.07) is 4.82. The molecule has 16 heavy (non-hydrogen) atoms. The van der Waals surface area contributed by atoms with E-state index >= 15 is 0 Å². The maximum Gasteiger partial charge on any atom is 0.337 e. The summed E-state index contributed by atoms with van der Waals surface area (Å²) in [6.45, 7) is 0. The van der Waals surface area contributed by atoms with E-state index in [9.17, 15) is 4.79 Å². The van der Waals surface area contributed by atoms with Crippen LogP contribution in [0.15, 0.2) is 18.2 Å². The molecule has 1 aromatic rings. The van der Waals surface area contributed by atoms with Gasteiger partial charge in [0.25, 0.3) is 0 Å². The van der Waals surface area contributed by atoms with Crippen molar-refractivity contribution in [2.75, 3.05) is 25.2 Å². The van der Waals surface area contributed by atoms with Crippen LogP contribution in [0.3, 0.4) is 0 Å². The van der Waals surface area contributed by atoms with Crippen LogP contribution in [0.5, 0.6) is 0 Å². The van der Waals surface area contributed by atoms with Crippen molar-refractivity contribution in [2.45, 2.75) is 0 Å². The van der Waals surface area contributed by atoms with Gasteiger partial charge in [0.05, 0.1) is 24.0 Å². The fourth-order valence-electron chi connectivity index (χ4n) is 1.11. The largest absolute Gasteiger partial charge is 0.465 e. The van der Waals surface area contributed by atoms with E-state index in [1.165, 1.54) is 13.2 Å². The number of benzene rings is 1. The highest BCUT2D eigenvalue weighted by atomic mass is 32.1. The smallest absolute Gasteiger partial charge is 0.337 e. The first kappa shape index (κ1) is 12.3. The van der Waals surface area contributed by atoms with Crippen LogP contribution in [0.1, 0.15) is 10.4 Å². The molecule has 0 heterocycles. The highest BCUT2D eigenvalue weighted by Crippen LogP contribution is 2.20. The van der Waals surface area contributed by atoms with E-state index in [0.717, 1.165) is 0 Å². The molecule has 0 unspecified atom stereocenters. The highest BCUT2D eigenvalue weighted by molar-refractivity contribution is 7.80. The standard InChI is InChI=1S/C10H13N3O2S/c1-12-10(16)13-8-4-3-6(5-7(8)11)9(14)15-2/h3-5H,11H2,1-2H3,(H2,12,13,16). The van der Waals surface area contributed by atoms with Gasteiger partial charge in [-0.15, -0.1) is 0 Å². The number of thiocarbonyl (C=S) groups is 1. The quantitative estimate of drug-likeness (QED) is 0.405. The van der Waals surface area contributed by atoms with Gasteiger partial charge >= 0.3 is 5.97 Å². The molecule has 0 saturated heterocycles. The van der Waals surface area contributed by atoms with Crippen molar-refractivity contribution >= 4 is 34.7 Å². The summed E-state index contributed by atoms with van der Waals surface area (Å²) in [5.41, 5.74) is 7.24. The van der Waals surface area contributed by atoms with Crippen molar-refractivity contribution in [3.63, 3.8) is 0 Å². The maximum atomic E-state index is 11.2. The lowest BCUT2D eigenvalue weighted by Crippen LogP contribution is -2.24. The van der Waals surface area contributed by atoms with Crippen molar-refractivity contribution in [1.29, 1.82) is 0 Å². The number of rotatable bonds is 2. The van der Waals surface area contributed by atoms with Gasteiger partial charge in [-0.25, -0.2) is 4.79 Å². The van der Waals surface area contributed by atoms with E-state index in [-0.39, 0.29) is 0 Å². The molecule has 86 valence electrons. The zero-order chi connectivity index (χ0) is 12.1. The minimum Gasteiger partial charge on any atom is -0.465 e. The molecule has 0 spiro atoms. The number of nitrogen functional groups attached to an aromatic ring is 1. The molecule has 1 rings (SSSR count). The third-order valence-corrected chi connectivity index (χ3v) is 2.25. The number of methoxy groups -OCH3 is 1. The molecule has 6 heteroatoms. The van der Waals surface area contributed by atoms with Crippen LogP contribution in [-0.4, -0.2) is 25.2 Å². The van der Waals surface area contributed by atoms with Gasteiger partial charge in [-0.2, -0.15) is 0 Å². The van der Waals surface area contributed by atoms with Crippen molar-refractivity contribution < 1.29 is 9.53 Å². The Balaban J connectivity index is 2.91. The second-order valence-electron chi connectivity index (χ2n) is 3.00. The molecular formula is C10H13N3O2S. The summed E-state index contributed by atoms with van der Waals surface area (Å²) < 4.78 is 4.58. The lowest BCUT2D eigenvalue weighted by molar-refractivity contribution is 0.0601. The fourth-order valence-corrected chi connectivity index (χ4v) is 1.22. The van der Waals surface area contributed by atoms with Crippen LogP contribution in [0.4, 0.5) is 11.4 Å². The third kappa shape index (κ3) is 2.83. The molecule has 0 aliphatic carbocycles. The summed E-state index contributed by atoms with van der Waals surface area (Å²) in [6.07, 6.45) is 0. The summed E-state index contributed by atoms with van der Waals surface area (Å²) in [5, 5.41) is 6.11. The van der Waals surface area contributed by atoms with E-state index in [4.69, 9.17) is 18.0 Å². The van der Waals surface area contributed by atoms with Gasteiger partial charge in [0.1, 0.15) is 0 Å². The molecule has 0 aromatic heterocycles. The Bertz CT molecular complexity index is 421. The number of carbonyl (C=O) groups excluding carboxylic acids is 1. The van der Waals surface area contributed by atoms with Crippen LogP contribution in [0.2, 0.25) is 0 Å². The van der Waals surface area contributed by atoms with Gasteiger partial charge in [0.15, 0.2) is 5.11 Å². The molecule has 0 aliphatic heterocycles. The van der Waals surface area contributed by atoms with Gasteiger partial charge in [0.2, 0.25) is 0 Å². The average molecular weight is 239 g/mol. The Labute approximate surface area is 99.0 Å². The first-order valence-corrected chi connectivity index (χ1v) is 4.96. The SMILES string of the molecule is CNC(=S)Nc1ccc(C(=O)OC)cc1N. The Morgan fingerprint density at radius 2 is 2.19 bits per heavy atom. The third-order valence-electron chi connectivity index (χ3n) is 1.95. The first-order valence-electron chi connectivity index (χ1n) is 4.55. The number of carbonyl (C=O) groups is 1. The number of esters is 1. The predicted octanol–water partition coefficient (Wildman–Crippen LogP) is 0.972. The Morgan fingerprint density at radius 3 is 2.69 bits per heavy atom. The average Bonchev–Trinajstić information content (AvgIpc) is 2.30. The lowest BCUT2D eigenvalue weighted by Gasteiger charge is -2.10. The monoisotopic (exact) mass is 239 g/mol. The van der Waals surface area contributed by atoms with E-state index in [1.807, 2.05) is 0 Å². The number of nitrogens with one attached hydrogen (secondary N) is 2. The maximum absolute atomic E-state index is 11.2.